The molecule has 2 N–H and O–H groups in total. The third-order valence-electron chi connectivity index (χ3n) is 3.89. The maximum absolute atomic E-state index is 11.8. The molecule has 0 radical (unpaired) electrons. The van der Waals surface area contributed by atoms with Gasteiger partial charge in [0.2, 0.25) is 0 Å². The van der Waals surface area contributed by atoms with Crippen LogP contribution < -0.4 is 10.6 Å². The Morgan fingerprint density at radius 2 is 1.71 bits per heavy atom. The van der Waals surface area contributed by atoms with Crippen LogP contribution in [-0.4, -0.2) is 14.2 Å². The average molecular weight is 302 g/mol. The van der Waals surface area contributed by atoms with Gasteiger partial charge in [-0.3, -0.25) is 0 Å². The summed E-state index contributed by atoms with van der Waals surface area (Å²) in [4.78, 5) is 2.60. The number of nitrogen functional groups attached to an aromatic ring is 1. The van der Waals surface area contributed by atoms with Crippen molar-refractivity contribution in [3.05, 3.63) is 53.6 Å². The fourth-order valence-corrected chi connectivity index (χ4v) is 3.51. The molecule has 1 heterocycles. The van der Waals surface area contributed by atoms with E-state index in [0.717, 1.165) is 24.5 Å². The van der Waals surface area contributed by atoms with Crippen molar-refractivity contribution in [1.82, 2.24) is 0 Å². The number of nitrogens with zero attached hydrogens (tertiary/aromatic N) is 1. The zero-order chi connectivity index (χ0) is 15.0. The molecule has 3 rings (SSSR count). The van der Waals surface area contributed by atoms with Crippen LogP contribution in [0, 0.1) is 0 Å². The molecule has 0 aromatic heterocycles. The fraction of sp³-hybridized carbons (Fsp3) is 0.250. The van der Waals surface area contributed by atoms with Crippen molar-refractivity contribution in [1.29, 1.82) is 0 Å². The van der Waals surface area contributed by atoms with Crippen molar-refractivity contribution < 1.29 is 8.42 Å². The van der Waals surface area contributed by atoms with Gasteiger partial charge < -0.3 is 10.6 Å². The number of rotatable bonds is 3. The summed E-state index contributed by atoms with van der Waals surface area (Å²) in [6.07, 6.45) is 0. The Labute approximate surface area is 125 Å². The summed E-state index contributed by atoms with van der Waals surface area (Å²) in [6, 6.07) is 13.1. The van der Waals surface area contributed by atoms with Gasteiger partial charge in [0.05, 0.1) is 10.6 Å². The SMILES string of the molecule is CCS(=O)(=O)c1ccc(N2Cc3ccc(N)cc3C2)cc1. The highest BCUT2D eigenvalue weighted by Crippen LogP contribution is 2.30. The van der Waals surface area contributed by atoms with E-state index in [1.807, 2.05) is 24.3 Å². The molecule has 2 aromatic rings. The second-order valence-corrected chi connectivity index (χ2v) is 7.56. The van der Waals surface area contributed by atoms with Crippen LogP contribution in [0.2, 0.25) is 0 Å². The monoisotopic (exact) mass is 302 g/mol. The highest BCUT2D eigenvalue weighted by Gasteiger charge is 2.20. The quantitative estimate of drug-likeness (QED) is 0.885. The van der Waals surface area contributed by atoms with Crippen molar-refractivity contribution in [2.75, 3.05) is 16.4 Å². The molecule has 0 fully saturated rings. The normalized spacial score (nSPS) is 14.2. The van der Waals surface area contributed by atoms with Crippen molar-refractivity contribution in [3.63, 3.8) is 0 Å². The largest absolute Gasteiger partial charge is 0.399 e. The standard InChI is InChI=1S/C16H18N2O2S/c1-2-21(19,20)16-7-5-15(6-8-16)18-10-12-3-4-14(17)9-13(12)11-18/h3-9H,2,10-11,17H2,1H3. The molecule has 0 saturated carbocycles. The zero-order valence-electron chi connectivity index (χ0n) is 11.9. The molecule has 0 aliphatic carbocycles. The van der Waals surface area contributed by atoms with Crippen LogP contribution in [0.1, 0.15) is 18.1 Å². The van der Waals surface area contributed by atoms with E-state index in [1.54, 1.807) is 19.1 Å². The Morgan fingerprint density at radius 1 is 1.05 bits per heavy atom. The maximum atomic E-state index is 11.8. The molecular weight excluding hydrogens is 284 g/mol. The van der Waals surface area contributed by atoms with Crippen LogP contribution in [0.4, 0.5) is 11.4 Å². The molecular formula is C16H18N2O2S. The van der Waals surface area contributed by atoms with Crippen LogP contribution in [0.5, 0.6) is 0 Å². The van der Waals surface area contributed by atoms with Crippen molar-refractivity contribution >= 4 is 21.2 Å². The minimum Gasteiger partial charge on any atom is -0.399 e. The van der Waals surface area contributed by atoms with Crippen LogP contribution in [0.3, 0.4) is 0 Å². The molecule has 0 saturated heterocycles. The average Bonchev–Trinajstić information content (AvgIpc) is 2.90. The van der Waals surface area contributed by atoms with Gasteiger partial charge in [0.1, 0.15) is 0 Å². The minimum absolute atomic E-state index is 0.126. The van der Waals surface area contributed by atoms with Gasteiger partial charge in [-0.2, -0.15) is 0 Å². The number of fused-ring (bicyclic) bond motifs is 1. The van der Waals surface area contributed by atoms with Crippen molar-refractivity contribution in [3.8, 4) is 0 Å². The highest BCUT2D eigenvalue weighted by molar-refractivity contribution is 7.91. The highest BCUT2D eigenvalue weighted by atomic mass is 32.2. The first kappa shape index (κ1) is 13.9. The first-order valence-corrected chi connectivity index (χ1v) is 8.60. The van der Waals surface area contributed by atoms with E-state index in [4.69, 9.17) is 5.73 Å². The van der Waals surface area contributed by atoms with Crippen LogP contribution in [0.25, 0.3) is 0 Å². The lowest BCUT2D eigenvalue weighted by Crippen LogP contribution is -2.14. The van der Waals surface area contributed by atoms with Gasteiger partial charge in [-0.15, -0.1) is 0 Å². The molecule has 1 aliphatic rings. The minimum atomic E-state index is -3.13. The molecule has 0 unspecified atom stereocenters. The Kier molecular flexibility index (Phi) is 3.37. The van der Waals surface area contributed by atoms with Gasteiger partial charge in [0.25, 0.3) is 0 Å². The molecule has 4 nitrogen and oxygen atoms in total. The lowest BCUT2D eigenvalue weighted by Gasteiger charge is -2.18. The molecule has 0 bridgehead atoms. The molecule has 2 aromatic carbocycles. The van der Waals surface area contributed by atoms with Crippen LogP contribution in [-0.2, 0) is 22.9 Å². The van der Waals surface area contributed by atoms with Gasteiger partial charge in [0.15, 0.2) is 9.84 Å². The Balaban J connectivity index is 1.84. The number of hydrogen-bond acceptors (Lipinski definition) is 4. The van der Waals surface area contributed by atoms with E-state index in [9.17, 15) is 8.42 Å². The summed E-state index contributed by atoms with van der Waals surface area (Å²) in [5.74, 6) is 0.126. The topological polar surface area (TPSA) is 63.4 Å². The number of sulfone groups is 1. The Bertz CT molecular complexity index is 767. The third-order valence-corrected chi connectivity index (χ3v) is 5.64. The van der Waals surface area contributed by atoms with E-state index < -0.39 is 9.84 Å². The molecule has 0 atom stereocenters. The van der Waals surface area contributed by atoms with E-state index in [0.29, 0.717) is 4.90 Å². The van der Waals surface area contributed by atoms with Gasteiger partial charge in [-0.05, 0) is 47.5 Å². The first-order chi connectivity index (χ1) is 9.99. The van der Waals surface area contributed by atoms with Gasteiger partial charge in [0, 0.05) is 24.5 Å². The summed E-state index contributed by atoms with van der Waals surface area (Å²) in [6.45, 7) is 3.29. The van der Waals surface area contributed by atoms with Crippen molar-refractivity contribution in [2.45, 2.75) is 24.9 Å². The fourth-order valence-electron chi connectivity index (χ4n) is 2.63. The number of nitrogens with two attached hydrogens (primary N) is 1. The second kappa shape index (κ2) is 5.07. The summed E-state index contributed by atoms with van der Waals surface area (Å²) in [5.41, 5.74) is 10.1. The van der Waals surface area contributed by atoms with E-state index in [1.165, 1.54) is 11.1 Å². The first-order valence-electron chi connectivity index (χ1n) is 6.94. The van der Waals surface area contributed by atoms with Crippen LogP contribution in [0.15, 0.2) is 47.4 Å². The summed E-state index contributed by atoms with van der Waals surface area (Å²) >= 11 is 0. The van der Waals surface area contributed by atoms with E-state index in [2.05, 4.69) is 11.0 Å². The van der Waals surface area contributed by atoms with E-state index in [-0.39, 0.29) is 5.75 Å². The van der Waals surface area contributed by atoms with E-state index >= 15 is 0 Å². The number of anilines is 2. The molecule has 21 heavy (non-hydrogen) atoms. The predicted octanol–water partition coefficient (Wildman–Crippen LogP) is 2.58. The van der Waals surface area contributed by atoms with Crippen molar-refractivity contribution in [2.24, 2.45) is 0 Å². The number of hydrogen-bond donors (Lipinski definition) is 1. The van der Waals surface area contributed by atoms with Gasteiger partial charge >= 0.3 is 0 Å². The number of benzene rings is 2. The Hall–Kier alpha value is -2.01. The summed E-state index contributed by atoms with van der Waals surface area (Å²) in [7, 11) is -3.13. The smallest absolute Gasteiger partial charge is 0.178 e. The lowest BCUT2D eigenvalue weighted by molar-refractivity contribution is 0.597. The zero-order valence-corrected chi connectivity index (χ0v) is 12.7. The Morgan fingerprint density at radius 3 is 2.38 bits per heavy atom. The van der Waals surface area contributed by atoms with Gasteiger partial charge in [-0.25, -0.2) is 8.42 Å². The third kappa shape index (κ3) is 2.61. The molecule has 110 valence electrons. The summed E-state index contributed by atoms with van der Waals surface area (Å²) < 4.78 is 23.6. The molecule has 0 amide bonds. The molecule has 5 heteroatoms. The molecule has 1 aliphatic heterocycles. The second-order valence-electron chi connectivity index (χ2n) is 5.28. The molecule has 0 spiro atoms. The summed E-state index contributed by atoms with van der Waals surface area (Å²) in [5, 5.41) is 0. The maximum Gasteiger partial charge on any atom is 0.178 e. The van der Waals surface area contributed by atoms with Gasteiger partial charge in [-0.1, -0.05) is 13.0 Å². The predicted molar refractivity (Wildman–Crippen MR) is 84.9 cm³/mol. The van der Waals surface area contributed by atoms with Crippen LogP contribution >= 0.6 is 0 Å². The lowest BCUT2D eigenvalue weighted by atomic mass is 10.1.